The molecule has 0 aromatic heterocycles. The van der Waals surface area contributed by atoms with Crippen LogP contribution in [0.1, 0.15) is 59.8 Å². The summed E-state index contributed by atoms with van der Waals surface area (Å²) in [5.74, 6) is 0.156. The Kier molecular flexibility index (Phi) is 4.72. The fourth-order valence-corrected chi connectivity index (χ4v) is 2.84. The molecule has 3 heteroatoms. The molecule has 0 radical (unpaired) electrons. The van der Waals surface area contributed by atoms with E-state index in [4.69, 9.17) is 0 Å². The molecule has 0 aromatic carbocycles. The van der Waals surface area contributed by atoms with Crippen molar-refractivity contribution in [2.75, 3.05) is 6.54 Å². The maximum Gasteiger partial charge on any atom is 0.220 e. The van der Waals surface area contributed by atoms with Crippen molar-refractivity contribution in [3.05, 3.63) is 0 Å². The standard InChI is InChI=1S/C14H25NO2/c1-5-6-7-8-14(4)9-13(11(2)16)15(10-14)12(3)17/h13H,5-10H2,1-4H3. The summed E-state index contributed by atoms with van der Waals surface area (Å²) in [6.07, 6.45) is 5.60. The lowest BCUT2D eigenvalue weighted by atomic mass is 9.82. The van der Waals surface area contributed by atoms with Crippen molar-refractivity contribution in [2.24, 2.45) is 5.41 Å². The van der Waals surface area contributed by atoms with Crippen LogP contribution in [-0.2, 0) is 9.59 Å². The van der Waals surface area contributed by atoms with Gasteiger partial charge in [0.15, 0.2) is 5.78 Å². The van der Waals surface area contributed by atoms with E-state index in [0.717, 1.165) is 19.4 Å². The predicted octanol–water partition coefficient (Wildman–Crippen LogP) is 2.78. The lowest BCUT2D eigenvalue weighted by Crippen LogP contribution is -2.38. The average Bonchev–Trinajstić information content (AvgIpc) is 2.58. The monoisotopic (exact) mass is 239 g/mol. The topological polar surface area (TPSA) is 37.4 Å². The molecule has 0 N–H and O–H groups in total. The number of hydrogen-bond acceptors (Lipinski definition) is 2. The molecule has 2 atom stereocenters. The largest absolute Gasteiger partial charge is 0.332 e. The highest BCUT2D eigenvalue weighted by Gasteiger charge is 2.43. The summed E-state index contributed by atoms with van der Waals surface area (Å²) in [5, 5.41) is 0. The van der Waals surface area contributed by atoms with Gasteiger partial charge < -0.3 is 4.90 Å². The van der Waals surface area contributed by atoms with E-state index in [1.165, 1.54) is 19.3 Å². The van der Waals surface area contributed by atoms with Gasteiger partial charge in [0.2, 0.25) is 5.91 Å². The van der Waals surface area contributed by atoms with Gasteiger partial charge in [-0.3, -0.25) is 9.59 Å². The Balaban J connectivity index is 2.66. The maximum atomic E-state index is 11.6. The molecule has 1 aliphatic heterocycles. The first kappa shape index (κ1) is 14.2. The Bertz CT molecular complexity index is 277. The van der Waals surface area contributed by atoms with Gasteiger partial charge in [-0.2, -0.15) is 0 Å². The lowest BCUT2D eigenvalue weighted by molar-refractivity contribution is -0.135. The number of rotatable bonds is 5. The molecule has 0 spiro atoms. The number of nitrogens with zero attached hydrogens (tertiary/aromatic N) is 1. The number of amides is 1. The molecule has 1 amide bonds. The first-order valence-corrected chi connectivity index (χ1v) is 6.67. The van der Waals surface area contributed by atoms with Crippen LogP contribution >= 0.6 is 0 Å². The van der Waals surface area contributed by atoms with Crippen LogP contribution in [0.25, 0.3) is 0 Å². The number of hydrogen-bond donors (Lipinski definition) is 0. The highest BCUT2D eigenvalue weighted by atomic mass is 16.2. The minimum absolute atomic E-state index is 0.0319. The van der Waals surface area contributed by atoms with E-state index < -0.39 is 0 Å². The van der Waals surface area contributed by atoms with Gasteiger partial charge in [0.1, 0.15) is 0 Å². The third-order valence-corrected chi connectivity index (χ3v) is 3.87. The van der Waals surface area contributed by atoms with Gasteiger partial charge >= 0.3 is 0 Å². The minimum atomic E-state index is -0.181. The van der Waals surface area contributed by atoms with Crippen molar-refractivity contribution in [1.82, 2.24) is 4.90 Å². The van der Waals surface area contributed by atoms with E-state index in [2.05, 4.69) is 13.8 Å². The molecule has 0 aromatic rings. The van der Waals surface area contributed by atoms with Crippen molar-refractivity contribution >= 4 is 11.7 Å². The van der Waals surface area contributed by atoms with E-state index in [-0.39, 0.29) is 23.1 Å². The third kappa shape index (κ3) is 3.55. The first-order valence-electron chi connectivity index (χ1n) is 6.67. The van der Waals surface area contributed by atoms with E-state index in [1.807, 2.05) is 0 Å². The Labute approximate surface area is 105 Å². The Hall–Kier alpha value is -0.860. The van der Waals surface area contributed by atoms with Crippen LogP contribution in [0.3, 0.4) is 0 Å². The molecule has 1 rings (SSSR count). The second-order valence-corrected chi connectivity index (χ2v) is 5.75. The fourth-order valence-electron chi connectivity index (χ4n) is 2.84. The molecule has 3 nitrogen and oxygen atoms in total. The molecule has 0 saturated carbocycles. The van der Waals surface area contributed by atoms with Gasteiger partial charge in [0.05, 0.1) is 6.04 Å². The van der Waals surface area contributed by atoms with Crippen molar-refractivity contribution < 1.29 is 9.59 Å². The molecular weight excluding hydrogens is 214 g/mol. The molecule has 1 fully saturated rings. The number of Topliss-reactive ketones (excluding diaryl/α,β-unsaturated/α-hetero) is 1. The molecule has 98 valence electrons. The van der Waals surface area contributed by atoms with Crippen LogP contribution in [0.2, 0.25) is 0 Å². The number of carbonyl (C=O) groups excluding carboxylic acids is 2. The van der Waals surface area contributed by atoms with Crippen LogP contribution in [-0.4, -0.2) is 29.2 Å². The summed E-state index contributed by atoms with van der Waals surface area (Å²) >= 11 is 0. The van der Waals surface area contributed by atoms with E-state index >= 15 is 0 Å². The number of ketones is 1. The summed E-state index contributed by atoms with van der Waals surface area (Å²) in [7, 11) is 0. The number of carbonyl (C=O) groups is 2. The van der Waals surface area contributed by atoms with Gasteiger partial charge in [-0.25, -0.2) is 0 Å². The molecule has 17 heavy (non-hydrogen) atoms. The van der Waals surface area contributed by atoms with Crippen LogP contribution in [0, 0.1) is 5.41 Å². The van der Waals surface area contributed by atoms with Crippen LogP contribution in [0.15, 0.2) is 0 Å². The van der Waals surface area contributed by atoms with E-state index in [1.54, 1.807) is 18.7 Å². The summed E-state index contributed by atoms with van der Waals surface area (Å²) in [6.45, 7) is 8.31. The van der Waals surface area contributed by atoms with Gasteiger partial charge in [0.25, 0.3) is 0 Å². The van der Waals surface area contributed by atoms with Gasteiger partial charge in [-0.15, -0.1) is 0 Å². The summed E-state index contributed by atoms with van der Waals surface area (Å²) in [6, 6.07) is -0.181. The van der Waals surface area contributed by atoms with Crippen LogP contribution in [0.5, 0.6) is 0 Å². The van der Waals surface area contributed by atoms with Gasteiger partial charge in [-0.1, -0.05) is 33.1 Å². The molecule has 1 saturated heterocycles. The Morgan fingerprint density at radius 2 is 1.94 bits per heavy atom. The van der Waals surface area contributed by atoms with E-state index in [0.29, 0.717) is 0 Å². The Morgan fingerprint density at radius 1 is 1.29 bits per heavy atom. The number of likely N-dealkylation sites (tertiary alicyclic amines) is 1. The molecular formula is C14H25NO2. The molecule has 1 heterocycles. The highest BCUT2D eigenvalue weighted by molar-refractivity contribution is 5.87. The maximum absolute atomic E-state index is 11.6. The molecule has 1 aliphatic rings. The van der Waals surface area contributed by atoms with Crippen molar-refractivity contribution in [1.29, 1.82) is 0 Å². The zero-order valence-electron chi connectivity index (χ0n) is 11.6. The second-order valence-electron chi connectivity index (χ2n) is 5.75. The zero-order chi connectivity index (χ0) is 13.1. The SMILES string of the molecule is CCCCCC1(C)CC(C(C)=O)N(C(C)=O)C1. The second kappa shape index (κ2) is 5.65. The average molecular weight is 239 g/mol. The summed E-state index contributed by atoms with van der Waals surface area (Å²) in [4.78, 5) is 24.9. The van der Waals surface area contributed by atoms with Gasteiger partial charge in [0, 0.05) is 13.5 Å². The molecule has 0 bridgehead atoms. The van der Waals surface area contributed by atoms with E-state index in [9.17, 15) is 9.59 Å². The van der Waals surface area contributed by atoms with Gasteiger partial charge in [-0.05, 0) is 25.2 Å². The number of unbranched alkanes of at least 4 members (excludes halogenated alkanes) is 2. The summed E-state index contributed by atoms with van der Waals surface area (Å²) < 4.78 is 0. The quantitative estimate of drug-likeness (QED) is 0.692. The molecule has 2 unspecified atom stereocenters. The highest BCUT2D eigenvalue weighted by Crippen LogP contribution is 2.39. The lowest BCUT2D eigenvalue weighted by Gasteiger charge is -2.24. The minimum Gasteiger partial charge on any atom is -0.332 e. The third-order valence-electron chi connectivity index (χ3n) is 3.87. The smallest absolute Gasteiger partial charge is 0.220 e. The predicted molar refractivity (Wildman–Crippen MR) is 68.7 cm³/mol. The van der Waals surface area contributed by atoms with Crippen LogP contribution < -0.4 is 0 Å². The first-order chi connectivity index (χ1) is 7.89. The van der Waals surface area contributed by atoms with Crippen LogP contribution in [0.4, 0.5) is 0 Å². The Morgan fingerprint density at radius 3 is 2.35 bits per heavy atom. The van der Waals surface area contributed by atoms with Crippen molar-refractivity contribution in [3.63, 3.8) is 0 Å². The molecule has 0 aliphatic carbocycles. The normalized spacial score (nSPS) is 28.5. The van der Waals surface area contributed by atoms with Crippen molar-refractivity contribution in [3.8, 4) is 0 Å². The zero-order valence-corrected chi connectivity index (χ0v) is 11.6. The van der Waals surface area contributed by atoms with Crippen molar-refractivity contribution in [2.45, 2.75) is 65.8 Å². The summed E-state index contributed by atoms with van der Waals surface area (Å²) in [5.41, 5.74) is 0.136. The fraction of sp³-hybridized carbons (Fsp3) is 0.857.